The summed E-state index contributed by atoms with van der Waals surface area (Å²) in [6.45, 7) is 0. The lowest BCUT2D eigenvalue weighted by Gasteiger charge is -2.07. The largest absolute Gasteiger partial charge is 0.506 e. The van der Waals surface area contributed by atoms with Crippen LogP contribution in [0.2, 0.25) is 0 Å². The van der Waals surface area contributed by atoms with Crippen LogP contribution in [0.15, 0.2) is 35.2 Å². The highest BCUT2D eigenvalue weighted by molar-refractivity contribution is 7.86. The van der Waals surface area contributed by atoms with Gasteiger partial charge in [0.1, 0.15) is 16.7 Å². The van der Waals surface area contributed by atoms with Gasteiger partial charge in [0.05, 0.1) is 5.56 Å². The highest BCUT2D eigenvalue weighted by Gasteiger charge is 2.18. The normalized spacial score (nSPS) is 11.3. The predicted molar refractivity (Wildman–Crippen MR) is 60.1 cm³/mol. The molecule has 0 aliphatic heterocycles. The molecule has 0 aromatic heterocycles. The van der Waals surface area contributed by atoms with Crippen molar-refractivity contribution < 1.29 is 18.1 Å². The molecule has 2 aromatic carbocycles. The fraction of sp³-hybridized carbons (Fsp3) is 0. The minimum absolute atomic E-state index is 0.173. The van der Waals surface area contributed by atoms with Gasteiger partial charge in [-0.1, -0.05) is 24.3 Å². The molecule has 86 valence electrons. The quantitative estimate of drug-likeness (QED) is 0.749. The summed E-state index contributed by atoms with van der Waals surface area (Å²) in [7, 11) is -4.44. The van der Waals surface area contributed by atoms with Gasteiger partial charge in [0.15, 0.2) is 0 Å². The van der Waals surface area contributed by atoms with E-state index in [0.29, 0.717) is 0 Å². The molecule has 2 N–H and O–H groups in total. The van der Waals surface area contributed by atoms with Gasteiger partial charge >= 0.3 is 0 Å². The number of nitrogens with zero attached hydrogens (tertiary/aromatic N) is 1. The number of hydrogen-bond donors (Lipinski definition) is 2. The van der Waals surface area contributed by atoms with Gasteiger partial charge in [0, 0.05) is 10.8 Å². The predicted octanol–water partition coefficient (Wildman–Crippen LogP) is 1.66. The number of phenolic OH excluding ortho intramolecular Hbond substituents is 1. The molecule has 0 aliphatic carbocycles. The number of rotatable bonds is 1. The first-order valence-electron chi connectivity index (χ1n) is 4.57. The van der Waals surface area contributed by atoms with Gasteiger partial charge in [-0.2, -0.15) is 13.7 Å². The maximum Gasteiger partial charge on any atom is 0.295 e. The molecule has 0 bridgehead atoms. The van der Waals surface area contributed by atoms with Gasteiger partial charge in [0.25, 0.3) is 10.1 Å². The highest BCUT2D eigenvalue weighted by Crippen LogP contribution is 2.33. The summed E-state index contributed by atoms with van der Waals surface area (Å²) in [6.07, 6.45) is 0. The van der Waals surface area contributed by atoms with Crippen LogP contribution >= 0.6 is 0 Å². The Morgan fingerprint density at radius 2 is 1.76 bits per heavy atom. The van der Waals surface area contributed by atoms with Crippen molar-refractivity contribution >= 4 is 20.9 Å². The standard InChI is InChI=1S/C11H7NO4S/c12-6-7-5-10(17(14,15)16)8-3-1-2-4-9(8)11(7)13/h1-5,13H,(H,14,15,16). The summed E-state index contributed by atoms with van der Waals surface area (Å²) < 4.78 is 31.5. The van der Waals surface area contributed by atoms with Gasteiger partial charge in [-0.15, -0.1) is 0 Å². The molecule has 6 heteroatoms. The Balaban J connectivity index is 3.05. The average Bonchev–Trinajstić information content (AvgIpc) is 2.28. The molecule has 2 rings (SSSR count). The van der Waals surface area contributed by atoms with Crippen molar-refractivity contribution in [1.29, 1.82) is 5.26 Å². The molecule has 2 aromatic rings. The van der Waals surface area contributed by atoms with Crippen LogP contribution in [0.25, 0.3) is 10.8 Å². The van der Waals surface area contributed by atoms with Gasteiger partial charge in [0.2, 0.25) is 0 Å². The van der Waals surface area contributed by atoms with E-state index in [1.807, 2.05) is 0 Å². The molecule has 0 saturated carbocycles. The zero-order valence-corrected chi connectivity index (χ0v) is 9.27. The lowest BCUT2D eigenvalue weighted by Crippen LogP contribution is -2.00. The summed E-state index contributed by atoms with van der Waals surface area (Å²) in [6, 6.07) is 8.71. The van der Waals surface area contributed by atoms with E-state index in [1.165, 1.54) is 12.1 Å². The van der Waals surface area contributed by atoms with E-state index in [0.717, 1.165) is 6.07 Å². The lowest BCUT2D eigenvalue weighted by atomic mass is 10.1. The van der Waals surface area contributed by atoms with Crippen molar-refractivity contribution in [3.05, 3.63) is 35.9 Å². The third kappa shape index (κ3) is 1.82. The van der Waals surface area contributed by atoms with E-state index < -0.39 is 10.1 Å². The van der Waals surface area contributed by atoms with Crippen LogP contribution in [0, 0.1) is 11.3 Å². The average molecular weight is 249 g/mol. The Hall–Kier alpha value is -2.10. The Bertz CT molecular complexity index is 744. The first kappa shape index (κ1) is 11.4. The molecule has 0 saturated heterocycles. The molecule has 0 heterocycles. The molecule has 0 unspecified atom stereocenters. The number of nitriles is 1. The van der Waals surface area contributed by atoms with Crippen LogP contribution in [0.3, 0.4) is 0 Å². The smallest absolute Gasteiger partial charge is 0.295 e. The maximum absolute atomic E-state index is 11.2. The van der Waals surface area contributed by atoms with E-state index in [-0.39, 0.29) is 27.0 Å². The zero-order chi connectivity index (χ0) is 12.6. The summed E-state index contributed by atoms with van der Waals surface area (Å²) >= 11 is 0. The first-order chi connectivity index (χ1) is 7.95. The van der Waals surface area contributed by atoms with Crippen molar-refractivity contribution in [3.63, 3.8) is 0 Å². The van der Waals surface area contributed by atoms with Crippen LogP contribution in [0.5, 0.6) is 5.75 Å². The monoisotopic (exact) mass is 249 g/mol. The van der Waals surface area contributed by atoms with Crippen LogP contribution < -0.4 is 0 Å². The van der Waals surface area contributed by atoms with Crippen LogP contribution in [-0.4, -0.2) is 18.1 Å². The molecule has 0 fully saturated rings. The van der Waals surface area contributed by atoms with Crippen molar-refractivity contribution in [2.24, 2.45) is 0 Å². The van der Waals surface area contributed by atoms with Crippen molar-refractivity contribution in [2.75, 3.05) is 0 Å². The van der Waals surface area contributed by atoms with Gasteiger partial charge in [-0.25, -0.2) is 0 Å². The van der Waals surface area contributed by atoms with Crippen LogP contribution in [0.4, 0.5) is 0 Å². The molecule has 0 aliphatic rings. The molecule has 5 nitrogen and oxygen atoms in total. The molecular weight excluding hydrogens is 242 g/mol. The molecular formula is C11H7NO4S. The summed E-state index contributed by atoms with van der Waals surface area (Å²) in [5.41, 5.74) is -0.198. The van der Waals surface area contributed by atoms with E-state index >= 15 is 0 Å². The minimum atomic E-state index is -4.44. The number of hydrogen-bond acceptors (Lipinski definition) is 4. The highest BCUT2D eigenvalue weighted by atomic mass is 32.2. The van der Waals surface area contributed by atoms with Crippen molar-refractivity contribution in [2.45, 2.75) is 4.90 Å². The lowest BCUT2D eigenvalue weighted by molar-refractivity contribution is 0.477. The Morgan fingerprint density at radius 3 is 2.29 bits per heavy atom. The SMILES string of the molecule is N#Cc1cc(S(=O)(=O)O)c2ccccc2c1O. The summed E-state index contributed by atoms with van der Waals surface area (Å²) in [5.74, 6) is -0.296. The number of benzene rings is 2. The summed E-state index contributed by atoms with van der Waals surface area (Å²) in [5, 5.41) is 18.9. The molecule has 0 amide bonds. The van der Waals surface area contributed by atoms with Crippen molar-refractivity contribution in [3.8, 4) is 11.8 Å². The molecule has 0 radical (unpaired) electrons. The van der Waals surface area contributed by atoms with Crippen LogP contribution in [-0.2, 0) is 10.1 Å². The van der Waals surface area contributed by atoms with Crippen molar-refractivity contribution in [1.82, 2.24) is 0 Å². The summed E-state index contributed by atoms with van der Waals surface area (Å²) in [4.78, 5) is -0.387. The van der Waals surface area contributed by atoms with E-state index in [1.54, 1.807) is 18.2 Å². The van der Waals surface area contributed by atoms with Crippen LogP contribution in [0.1, 0.15) is 5.56 Å². The number of fused-ring (bicyclic) bond motifs is 1. The molecule has 17 heavy (non-hydrogen) atoms. The Kier molecular flexibility index (Phi) is 2.50. The number of aromatic hydroxyl groups is 1. The second-order valence-electron chi connectivity index (χ2n) is 3.40. The zero-order valence-electron chi connectivity index (χ0n) is 8.45. The Morgan fingerprint density at radius 1 is 1.18 bits per heavy atom. The maximum atomic E-state index is 11.2. The second kappa shape index (κ2) is 3.73. The van der Waals surface area contributed by atoms with Gasteiger partial charge in [-0.05, 0) is 6.07 Å². The van der Waals surface area contributed by atoms with E-state index in [2.05, 4.69) is 0 Å². The molecule has 0 spiro atoms. The topological polar surface area (TPSA) is 98.4 Å². The minimum Gasteiger partial charge on any atom is -0.506 e. The second-order valence-corrected chi connectivity index (χ2v) is 4.79. The van der Waals surface area contributed by atoms with Gasteiger partial charge < -0.3 is 5.11 Å². The number of phenols is 1. The fourth-order valence-corrected chi connectivity index (χ4v) is 2.35. The fourth-order valence-electron chi connectivity index (χ4n) is 1.63. The third-order valence-electron chi connectivity index (χ3n) is 2.38. The van der Waals surface area contributed by atoms with Gasteiger partial charge in [-0.3, -0.25) is 4.55 Å². The van der Waals surface area contributed by atoms with E-state index in [4.69, 9.17) is 9.81 Å². The molecule has 0 atom stereocenters. The first-order valence-corrected chi connectivity index (χ1v) is 6.01. The Labute approximate surface area is 97.3 Å². The van der Waals surface area contributed by atoms with E-state index in [9.17, 15) is 13.5 Å². The third-order valence-corrected chi connectivity index (χ3v) is 3.27.